The van der Waals surface area contributed by atoms with Crippen LogP contribution in [0.3, 0.4) is 0 Å². The number of thioether (sulfide) groups is 1. The maximum Gasteiger partial charge on any atom is 0.261 e. The van der Waals surface area contributed by atoms with Gasteiger partial charge < -0.3 is 5.73 Å². The minimum absolute atomic E-state index is 0.458. The van der Waals surface area contributed by atoms with Crippen LogP contribution in [0, 0.1) is 0 Å². The molecule has 0 saturated carbocycles. The Morgan fingerprint density at radius 3 is 2.42 bits per heavy atom. The molecular weight excluding hydrogens is 178 g/mol. The summed E-state index contributed by atoms with van der Waals surface area (Å²) in [6.45, 7) is 1.21. The first kappa shape index (κ1) is 11.4. The van der Waals surface area contributed by atoms with Gasteiger partial charge in [0.2, 0.25) is 5.91 Å². The highest BCUT2D eigenvalue weighted by Crippen LogP contribution is 1.97. The topological polar surface area (TPSA) is 89.4 Å². The Morgan fingerprint density at radius 2 is 2.08 bits per heavy atom. The standard InChI is InChI=1S/C6H13N3O2S/c1-4(10)9(8)6(11)5(7)3-12-2/h5H,3,7-8H2,1-2H3. The highest BCUT2D eigenvalue weighted by Gasteiger charge is 2.20. The molecule has 5 nitrogen and oxygen atoms in total. The number of carbonyl (C=O) groups is 2. The third-order valence-corrected chi connectivity index (χ3v) is 1.93. The number of carbonyl (C=O) groups excluding carboxylic acids is 2. The largest absolute Gasteiger partial charge is 0.319 e. The zero-order chi connectivity index (χ0) is 9.72. The van der Waals surface area contributed by atoms with Crippen LogP contribution in [0.5, 0.6) is 0 Å². The number of imide groups is 1. The molecule has 1 atom stereocenters. The molecule has 0 aliphatic carbocycles. The lowest BCUT2D eigenvalue weighted by Crippen LogP contribution is -2.50. The third-order valence-electron chi connectivity index (χ3n) is 1.24. The number of nitrogens with zero attached hydrogens (tertiary/aromatic N) is 1. The smallest absolute Gasteiger partial charge is 0.261 e. The van der Waals surface area contributed by atoms with E-state index >= 15 is 0 Å². The molecule has 0 aromatic carbocycles. The van der Waals surface area contributed by atoms with Gasteiger partial charge in [0.15, 0.2) is 0 Å². The van der Waals surface area contributed by atoms with Crippen LogP contribution in [0.2, 0.25) is 0 Å². The van der Waals surface area contributed by atoms with Crippen LogP contribution in [0.25, 0.3) is 0 Å². The molecule has 1 unspecified atom stereocenters. The zero-order valence-electron chi connectivity index (χ0n) is 7.11. The maximum atomic E-state index is 11.1. The summed E-state index contributed by atoms with van der Waals surface area (Å²) in [5, 5.41) is 0.543. The lowest BCUT2D eigenvalue weighted by molar-refractivity contribution is -0.144. The summed E-state index contributed by atoms with van der Waals surface area (Å²) >= 11 is 1.43. The maximum absolute atomic E-state index is 11.1. The second-order valence-electron chi connectivity index (χ2n) is 2.29. The molecule has 0 rings (SSSR count). The van der Waals surface area contributed by atoms with Crippen LogP contribution in [-0.2, 0) is 9.59 Å². The van der Waals surface area contributed by atoms with E-state index in [1.165, 1.54) is 18.7 Å². The molecule has 0 spiro atoms. The van der Waals surface area contributed by atoms with Crippen molar-refractivity contribution in [3.8, 4) is 0 Å². The lowest BCUT2D eigenvalue weighted by atomic mass is 10.3. The van der Waals surface area contributed by atoms with Gasteiger partial charge in [-0.05, 0) is 6.26 Å². The van der Waals surface area contributed by atoms with Gasteiger partial charge in [-0.2, -0.15) is 11.8 Å². The number of rotatable bonds is 3. The summed E-state index contributed by atoms with van der Waals surface area (Å²) in [5.74, 6) is 4.55. The van der Waals surface area contributed by atoms with E-state index in [1.807, 2.05) is 6.26 Å². The van der Waals surface area contributed by atoms with Crippen molar-refractivity contribution in [3.05, 3.63) is 0 Å². The van der Waals surface area contributed by atoms with Crippen molar-refractivity contribution in [1.29, 1.82) is 0 Å². The lowest BCUT2D eigenvalue weighted by Gasteiger charge is -2.16. The molecule has 4 N–H and O–H groups in total. The summed E-state index contributed by atoms with van der Waals surface area (Å²) in [4.78, 5) is 21.7. The van der Waals surface area contributed by atoms with Crippen LogP contribution in [0.4, 0.5) is 0 Å². The van der Waals surface area contributed by atoms with Crippen LogP contribution in [0.1, 0.15) is 6.92 Å². The van der Waals surface area contributed by atoms with Crippen molar-refractivity contribution >= 4 is 23.6 Å². The van der Waals surface area contributed by atoms with E-state index in [0.29, 0.717) is 10.8 Å². The predicted octanol–water partition coefficient (Wildman–Crippen LogP) is -1.07. The Kier molecular flexibility index (Phi) is 4.87. The molecular formula is C6H13N3O2S. The SMILES string of the molecule is CSCC(N)C(=O)N(N)C(C)=O. The Balaban J connectivity index is 4.09. The summed E-state index contributed by atoms with van der Waals surface area (Å²) in [5.41, 5.74) is 5.42. The normalized spacial score (nSPS) is 12.3. The molecule has 0 bridgehead atoms. The quantitative estimate of drug-likeness (QED) is 0.337. The van der Waals surface area contributed by atoms with Gasteiger partial charge >= 0.3 is 0 Å². The summed E-state index contributed by atoms with van der Waals surface area (Å²) in [6, 6.07) is -0.700. The first-order valence-corrected chi connectivity index (χ1v) is 4.73. The van der Waals surface area contributed by atoms with Gasteiger partial charge in [0.1, 0.15) is 0 Å². The van der Waals surface area contributed by atoms with Crippen LogP contribution >= 0.6 is 11.8 Å². The van der Waals surface area contributed by atoms with Crippen LogP contribution in [-0.4, -0.2) is 34.9 Å². The fourth-order valence-electron chi connectivity index (χ4n) is 0.585. The summed E-state index contributed by atoms with van der Waals surface area (Å²) < 4.78 is 0. The number of amides is 2. The Hall–Kier alpha value is -0.590. The highest BCUT2D eigenvalue weighted by atomic mass is 32.2. The number of nitrogens with two attached hydrogens (primary N) is 2. The molecule has 70 valence electrons. The Labute approximate surface area is 75.4 Å². The second kappa shape index (κ2) is 5.13. The monoisotopic (exact) mass is 191 g/mol. The van der Waals surface area contributed by atoms with E-state index in [0.717, 1.165) is 0 Å². The van der Waals surface area contributed by atoms with Crippen molar-refractivity contribution in [2.75, 3.05) is 12.0 Å². The minimum Gasteiger partial charge on any atom is -0.319 e. The Bertz CT molecular complexity index is 186. The van der Waals surface area contributed by atoms with Crippen molar-refractivity contribution < 1.29 is 9.59 Å². The van der Waals surface area contributed by atoms with Gasteiger partial charge in [0.05, 0.1) is 6.04 Å². The van der Waals surface area contributed by atoms with Gasteiger partial charge in [0, 0.05) is 12.7 Å². The molecule has 0 radical (unpaired) electrons. The summed E-state index contributed by atoms with van der Waals surface area (Å²) in [7, 11) is 0. The molecule has 6 heteroatoms. The van der Waals surface area contributed by atoms with Crippen molar-refractivity contribution in [3.63, 3.8) is 0 Å². The molecule has 12 heavy (non-hydrogen) atoms. The molecule has 0 aliphatic heterocycles. The molecule has 0 aromatic rings. The van der Waals surface area contributed by atoms with Gasteiger partial charge in [-0.25, -0.2) is 10.9 Å². The molecule has 0 heterocycles. The third kappa shape index (κ3) is 3.21. The van der Waals surface area contributed by atoms with Crippen molar-refractivity contribution in [2.24, 2.45) is 11.6 Å². The van der Waals surface area contributed by atoms with Gasteiger partial charge in [-0.3, -0.25) is 9.59 Å². The number of hydrogen-bond donors (Lipinski definition) is 2. The van der Waals surface area contributed by atoms with E-state index in [9.17, 15) is 9.59 Å². The zero-order valence-corrected chi connectivity index (χ0v) is 7.93. The van der Waals surface area contributed by atoms with Crippen LogP contribution < -0.4 is 11.6 Å². The van der Waals surface area contributed by atoms with Crippen molar-refractivity contribution in [1.82, 2.24) is 5.01 Å². The average molecular weight is 191 g/mol. The Morgan fingerprint density at radius 1 is 1.58 bits per heavy atom. The molecule has 0 aromatic heterocycles. The van der Waals surface area contributed by atoms with Crippen molar-refractivity contribution in [2.45, 2.75) is 13.0 Å². The first-order chi connectivity index (χ1) is 5.50. The van der Waals surface area contributed by atoms with Gasteiger partial charge in [-0.1, -0.05) is 0 Å². The predicted molar refractivity (Wildman–Crippen MR) is 48.1 cm³/mol. The van der Waals surface area contributed by atoms with Crippen LogP contribution in [0.15, 0.2) is 0 Å². The molecule has 2 amide bonds. The average Bonchev–Trinajstić information content (AvgIpc) is 2.02. The molecule has 0 fully saturated rings. The fourth-order valence-corrected chi connectivity index (χ4v) is 1.09. The highest BCUT2D eigenvalue weighted by molar-refractivity contribution is 7.98. The van der Waals surface area contributed by atoms with E-state index < -0.39 is 17.9 Å². The second-order valence-corrected chi connectivity index (χ2v) is 3.20. The van der Waals surface area contributed by atoms with E-state index in [4.69, 9.17) is 11.6 Å². The fraction of sp³-hybridized carbons (Fsp3) is 0.667. The van der Waals surface area contributed by atoms with E-state index in [-0.39, 0.29) is 0 Å². The molecule has 0 saturated heterocycles. The number of hydrogen-bond acceptors (Lipinski definition) is 5. The van der Waals surface area contributed by atoms with Gasteiger partial charge in [-0.15, -0.1) is 0 Å². The minimum atomic E-state index is -0.700. The van der Waals surface area contributed by atoms with Gasteiger partial charge in [0.25, 0.3) is 5.91 Å². The number of hydrazine groups is 1. The first-order valence-electron chi connectivity index (χ1n) is 3.34. The van der Waals surface area contributed by atoms with E-state index in [2.05, 4.69) is 0 Å². The van der Waals surface area contributed by atoms with E-state index in [1.54, 1.807) is 0 Å². The molecule has 0 aliphatic rings. The summed E-state index contributed by atoms with van der Waals surface area (Å²) in [6.07, 6.45) is 1.82.